The molecular formula is C21H26F5N5O2S2. The van der Waals surface area contributed by atoms with Crippen LogP contribution in [0.25, 0.3) is 0 Å². The molecule has 2 N–H and O–H groups in total. The van der Waals surface area contributed by atoms with E-state index >= 15 is 0 Å². The van der Waals surface area contributed by atoms with Crippen LogP contribution < -0.4 is 10.2 Å². The third-order valence-electron chi connectivity index (χ3n) is 7.10. The first kappa shape index (κ1) is 24.6. The number of anilines is 2. The predicted octanol–water partition coefficient (Wildman–Crippen LogP) is 4.90. The largest absolute Gasteiger partial charge is 0.394 e. The van der Waals surface area contributed by atoms with Gasteiger partial charge in [0.15, 0.2) is 0 Å². The summed E-state index contributed by atoms with van der Waals surface area (Å²) < 4.78 is 77.3. The van der Waals surface area contributed by atoms with Gasteiger partial charge in [-0.15, -0.1) is 0 Å². The normalized spacial score (nSPS) is 24.3. The SMILES string of the molecule is O=[S@]1CCc2cc(N3CCC(c4ncc(S(F)(F)(F)(F)F)cn4)CC3)nc(NC3(CO)CCC3)c21. The lowest BCUT2D eigenvalue weighted by Crippen LogP contribution is -2.48. The van der Waals surface area contributed by atoms with E-state index in [0.29, 0.717) is 54.6 Å². The molecule has 1 saturated heterocycles. The molecule has 1 aliphatic carbocycles. The van der Waals surface area contributed by atoms with Gasteiger partial charge in [-0.05, 0) is 50.2 Å². The number of pyridine rings is 1. The Balaban J connectivity index is 1.32. The number of aliphatic hydroxyl groups is 1. The van der Waals surface area contributed by atoms with E-state index in [4.69, 9.17) is 4.98 Å². The molecule has 0 amide bonds. The maximum absolute atomic E-state index is 12.9. The first-order chi connectivity index (χ1) is 16.3. The van der Waals surface area contributed by atoms with Gasteiger partial charge in [-0.3, -0.25) is 4.21 Å². The molecule has 2 aromatic heterocycles. The van der Waals surface area contributed by atoms with Crippen molar-refractivity contribution in [3.05, 3.63) is 29.8 Å². The lowest BCUT2D eigenvalue weighted by molar-refractivity contribution is 0.143. The summed E-state index contributed by atoms with van der Waals surface area (Å²) in [7, 11) is -10.9. The number of aliphatic hydroxyl groups excluding tert-OH is 1. The standard InChI is InChI=1S/C21H26F5N5O2S2/c22-35(23,24,25,26)16-11-27-19(28-12-16)14-2-7-31(8-3-14)17-10-15-4-9-34(33)18(15)20(29-17)30-21(13-32)5-1-6-21/h10-12,14,32H,1-9,13H2,(H,29,30)/t34-/m0/s1. The number of nitrogens with one attached hydrogen (secondary N) is 1. The van der Waals surface area contributed by atoms with Crippen LogP contribution in [0.2, 0.25) is 0 Å². The van der Waals surface area contributed by atoms with E-state index in [9.17, 15) is 28.7 Å². The van der Waals surface area contributed by atoms with Gasteiger partial charge in [0.05, 0.1) is 40.2 Å². The van der Waals surface area contributed by atoms with Crippen molar-refractivity contribution in [3.63, 3.8) is 0 Å². The average molecular weight is 540 g/mol. The highest BCUT2D eigenvalue weighted by atomic mass is 32.5. The van der Waals surface area contributed by atoms with E-state index in [-0.39, 0.29) is 30.7 Å². The van der Waals surface area contributed by atoms with Gasteiger partial charge in [-0.25, -0.2) is 15.0 Å². The lowest BCUT2D eigenvalue weighted by Gasteiger charge is -2.42. The summed E-state index contributed by atoms with van der Waals surface area (Å²) >= 11 is 0. The Bertz CT molecular complexity index is 1160. The summed E-state index contributed by atoms with van der Waals surface area (Å²) in [6.07, 6.45) is 4.67. The van der Waals surface area contributed by atoms with E-state index in [1.54, 1.807) is 0 Å². The number of halogens is 5. The highest BCUT2D eigenvalue weighted by Gasteiger charge is 2.66. The number of hydrogen-bond acceptors (Lipinski definition) is 7. The highest BCUT2D eigenvalue weighted by molar-refractivity contribution is 8.45. The van der Waals surface area contributed by atoms with Crippen molar-refractivity contribution in [1.29, 1.82) is 0 Å². The second-order valence-corrected chi connectivity index (χ2v) is 13.5. The van der Waals surface area contributed by atoms with Crippen LogP contribution in [-0.2, 0) is 17.2 Å². The average Bonchev–Trinajstić information content (AvgIpc) is 3.16. The molecular weight excluding hydrogens is 513 g/mol. The minimum atomic E-state index is -9.79. The fraction of sp³-hybridized carbons (Fsp3) is 0.571. The van der Waals surface area contributed by atoms with E-state index < -0.39 is 31.5 Å². The molecule has 0 spiro atoms. The number of nitrogens with zero attached hydrogens (tertiary/aromatic N) is 4. The van der Waals surface area contributed by atoms with E-state index in [1.165, 1.54) is 0 Å². The van der Waals surface area contributed by atoms with Crippen molar-refractivity contribution < 1.29 is 28.7 Å². The van der Waals surface area contributed by atoms with Crippen LogP contribution in [0.15, 0.2) is 28.3 Å². The van der Waals surface area contributed by atoms with Crippen molar-refractivity contribution >= 4 is 32.7 Å². The van der Waals surface area contributed by atoms with Crippen molar-refractivity contribution in [2.75, 3.05) is 35.7 Å². The molecule has 2 aromatic rings. The number of hydrogen-bond donors (Lipinski definition) is 2. The van der Waals surface area contributed by atoms with Crippen LogP contribution in [0.3, 0.4) is 0 Å². The predicted molar refractivity (Wildman–Crippen MR) is 124 cm³/mol. The van der Waals surface area contributed by atoms with Crippen molar-refractivity contribution in [3.8, 4) is 0 Å². The minimum absolute atomic E-state index is 0.0352. The van der Waals surface area contributed by atoms with Crippen LogP contribution in [0, 0.1) is 0 Å². The first-order valence-corrected chi connectivity index (χ1v) is 14.7. The van der Waals surface area contributed by atoms with Gasteiger partial charge in [0.1, 0.15) is 22.4 Å². The molecule has 2 fully saturated rings. The van der Waals surface area contributed by atoms with Crippen molar-refractivity contribution in [1.82, 2.24) is 15.0 Å². The molecule has 14 heteroatoms. The molecule has 0 bridgehead atoms. The van der Waals surface area contributed by atoms with Crippen molar-refractivity contribution in [2.45, 2.75) is 59.8 Å². The molecule has 194 valence electrons. The van der Waals surface area contributed by atoms with Gasteiger partial charge in [-0.2, -0.15) is 0 Å². The minimum Gasteiger partial charge on any atom is -0.394 e. The second kappa shape index (κ2) is 7.72. The Hall–Kier alpha value is -2.06. The number of aromatic nitrogens is 3. The van der Waals surface area contributed by atoms with Crippen molar-refractivity contribution in [2.24, 2.45) is 0 Å². The topological polar surface area (TPSA) is 91.2 Å². The van der Waals surface area contributed by atoms with Gasteiger partial charge < -0.3 is 15.3 Å². The third kappa shape index (κ3) is 4.84. The molecule has 35 heavy (non-hydrogen) atoms. The molecule has 4 heterocycles. The molecule has 7 nitrogen and oxygen atoms in total. The van der Waals surface area contributed by atoms with Crippen LogP contribution >= 0.6 is 10.2 Å². The maximum atomic E-state index is 12.9. The van der Waals surface area contributed by atoms with Gasteiger partial charge in [0.2, 0.25) is 0 Å². The second-order valence-electron chi connectivity index (χ2n) is 9.54. The summed E-state index contributed by atoms with van der Waals surface area (Å²) in [5.41, 5.74) is 0.512. The zero-order chi connectivity index (χ0) is 25.1. The number of fused-ring (bicyclic) bond motifs is 1. The van der Waals surface area contributed by atoms with Crippen LogP contribution in [0.1, 0.15) is 49.4 Å². The van der Waals surface area contributed by atoms with E-state index in [0.717, 1.165) is 24.8 Å². The fourth-order valence-corrected chi connectivity index (χ4v) is 6.72. The maximum Gasteiger partial charge on any atom is 0.313 e. The summed E-state index contributed by atoms with van der Waals surface area (Å²) in [6, 6.07) is 1.93. The monoisotopic (exact) mass is 539 g/mol. The van der Waals surface area contributed by atoms with Gasteiger partial charge in [-0.1, -0.05) is 19.4 Å². The van der Waals surface area contributed by atoms with E-state index in [2.05, 4.69) is 15.3 Å². The molecule has 0 aromatic carbocycles. The summed E-state index contributed by atoms with van der Waals surface area (Å²) in [4.78, 5) is 12.6. The molecule has 0 unspecified atom stereocenters. The Kier molecular flexibility index (Phi) is 5.43. The Morgan fingerprint density at radius 1 is 1.14 bits per heavy atom. The van der Waals surface area contributed by atoms with Gasteiger partial charge in [0.25, 0.3) is 0 Å². The zero-order valence-electron chi connectivity index (χ0n) is 18.7. The molecule has 3 aliphatic rings. The summed E-state index contributed by atoms with van der Waals surface area (Å²) in [5, 5.41) is 13.2. The number of piperidine rings is 1. The number of rotatable bonds is 6. The molecule has 1 atom stereocenters. The van der Waals surface area contributed by atoms with Gasteiger partial charge >= 0.3 is 10.2 Å². The van der Waals surface area contributed by atoms with E-state index in [1.807, 2.05) is 11.0 Å². The Labute approximate surface area is 201 Å². The van der Waals surface area contributed by atoms with Crippen LogP contribution in [0.5, 0.6) is 0 Å². The molecule has 0 radical (unpaired) electrons. The smallest absolute Gasteiger partial charge is 0.313 e. The highest BCUT2D eigenvalue weighted by Crippen LogP contribution is 3.01. The molecule has 1 saturated carbocycles. The lowest BCUT2D eigenvalue weighted by atomic mass is 9.77. The summed E-state index contributed by atoms with van der Waals surface area (Å²) in [6.45, 7) is 1.01. The zero-order valence-corrected chi connectivity index (χ0v) is 20.4. The Morgan fingerprint density at radius 2 is 1.80 bits per heavy atom. The summed E-state index contributed by atoms with van der Waals surface area (Å²) in [5.74, 6) is 1.62. The van der Waals surface area contributed by atoms with Crippen LogP contribution in [-0.4, -0.2) is 55.3 Å². The first-order valence-electron chi connectivity index (χ1n) is 11.4. The quantitative estimate of drug-likeness (QED) is 0.505. The fourth-order valence-electron chi connectivity index (χ4n) is 4.84. The molecule has 2 aliphatic heterocycles. The Morgan fingerprint density at radius 3 is 2.34 bits per heavy atom. The van der Waals surface area contributed by atoms with Gasteiger partial charge in [0, 0.05) is 24.8 Å². The van der Waals surface area contributed by atoms with Crippen LogP contribution in [0.4, 0.5) is 31.1 Å². The molecule has 5 rings (SSSR count). The number of aryl methyl sites for hydroxylation is 1. The third-order valence-corrected chi connectivity index (χ3v) is 9.68.